The van der Waals surface area contributed by atoms with Crippen LogP contribution in [0.1, 0.15) is 16.1 Å². The highest BCUT2D eigenvalue weighted by molar-refractivity contribution is 5.93. The van der Waals surface area contributed by atoms with Crippen molar-refractivity contribution in [2.75, 3.05) is 0 Å². The van der Waals surface area contributed by atoms with Gasteiger partial charge in [0.05, 0.1) is 6.54 Å². The van der Waals surface area contributed by atoms with E-state index in [0.717, 1.165) is 5.56 Å². The molecule has 104 valence electrons. The number of carbonyl (C=O) groups is 1. The van der Waals surface area contributed by atoms with Gasteiger partial charge in [-0.2, -0.15) is 0 Å². The van der Waals surface area contributed by atoms with Gasteiger partial charge in [0, 0.05) is 29.6 Å². The predicted octanol–water partition coefficient (Wildman–Crippen LogP) is 2.67. The minimum Gasteiger partial charge on any atom is -0.356 e. The molecule has 2 aromatic heterocycles. The molecule has 1 N–H and O–H groups in total. The van der Waals surface area contributed by atoms with Gasteiger partial charge in [-0.25, -0.2) is 0 Å². The number of hydrogen-bond donors (Lipinski definition) is 1. The lowest BCUT2D eigenvalue weighted by Gasteiger charge is -2.01. The van der Waals surface area contributed by atoms with Crippen LogP contribution in [-0.4, -0.2) is 16.0 Å². The average molecular weight is 279 g/mol. The number of hydrogen-bond acceptors (Lipinski definition) is 4. The van der Waals surface area contributed by atoms with Crippen LogP contribution in [0.15, 0.2) is 65.4 Å². The molecule has 5 nitrogen and oxygen atoms in total. The van der Waals surface area contributed by atoms with Crippen molar-refractivity contribution in [3.05, 3.63) is 72.2 Å². The van der Waals surface area contributed by atoms with Gasteiger partial charge in [0.15, 0.2) is 5.76 Å². The Bertz CT molecular complexity index is 724. The zero-order valence-electron chi connectivity index (χ0n) is 11.2. The van der Waals surface area contributed by atoms with Gasteiger partial charge in [-0.15, -0.1) is 0 Å². The second-order valence-electron chi connectivity index (χ2n) is 4.47. The lowest BCUT2D eigenvalue weighted by atomic mass is 10.1. The first-order valence-corrected chi connectivity index (χ1v) is 6.52. The Morgan fingerprint density at radius 2 is 1.86 bits per heavy atom. The van der Waals surface area contributed by atoms with E-state index in [4.69, 9.17) is 4.52 Å². The van der Waals surface area contributed by atoms with E-state index in [1.165, 1.54) is 0 Å². The number of nitrogens with one attached hydrogen (secondary N) is 1. The quantitative estimate of drug-likeness (QED) is 0.797. The summed E-state index contributed by atoms with van der Waals surface area (Å²) in [5.74, 6) is 0.519. The van der Waals surface area contributed by atoms with Crippen molar-refractivity contribution >= 4 is 5.91 Å². The number of pyridine rings is 1. The Kier molecular flexibility index (Phi) is 3.73. The van der Waals surface area contributed by atoms with Crippen LogP contribution in [0, 0.1) is 0 Å². The molecule has 3 rings (SSSR count). The van der Waals surface area contributed by atoms with Gasteiger partial charge in [-0.3, -0.25) is 9.78 Å². The third-order valence-corrected chi connectivity index (χ3v) is 2.99. The smallest absolute Gasteiger partial charge is 0.251 e. The SMILES string of the molecule is O=C(NCc1cc(-c2ccccc2)on1)c1ccncc1. The highest BCUT2D eigenvalue weighted by atomic mass is 16.5. The van der Waals surface area contributed by atoms with Crippen LogP contribution in [0.25, 0.3) is 11.3 Å². The third kappa shape index (κ3) is 3.14. The lowest BCUT2D eigenvalue weighted by molar-refractivity contribution is 0.0950. The van der Waals surface area contributed by atoms with Crippen LogP contribution in [0.5, 0.6) is 0 Å². The van der Waals surface area contributed by atoms with Crippen LogP contribution >= 0.6 is 0 Å². The van der Waals surface area contributed by atoms with Crippen LogP contribution in [0.4, 0.5) is 0 Å². The molecule has 0 fully saturated rings. The number of rotatable bonds is 4. The first kappa shape index (κ1) is 13.1. The fraction of sp³-hybridized carbons (Fsp3) is 0.0625. The fourth-order valence-electron chi connectivity index (χ4n) is 1.91. The van der Waals surface area contributed by atoms with Crippen LogP contribution in [-0.2, 0) is 6.54 Å². The standard InChI is InChI=1S/C16H13N3O2/c20-16(13-6-8-17-9-7-13)18-11-14-10-15(21-19-14)12-4-2-1-3-5-12/h1-10H,11H2,(H,18,20). The van der Waals surface area contributed by atoms with Gasteiger partial charge in [0.1, 0.15) is 5.69 Å². The van der Waals surface area contributed by atoms with Crippen LogP contribution < -0.4 is 5.32 Å². The second kappa shape index (κ2) is 6.00. The molecule has 1 aromatic carbocycles. The summed E-state index contributed by atoms with van der Waals surface area (Å²) >= 11 is 0. The number of carbonyl (C=O) groups excluding carboxylic acids is 1. The molecule has 0 aliphatic rings. The van der Waals surface area contributed by atoms with Crippen molar-refractivity contribution in [3.63, 3.8) is 0 Å². The first-order chi connectivity index (χ1) is 10.3. The molecule has 0 unspecified atom stereocenters. The summed E-state index contributed by atoms with van der Waals surface area (Å²) < 4.78 is 5.28. The van der Waals surface area contributed by atoms with E-state index in [-0.39, 0.29) is 5.91 Å². The number of amides is 1. The summed E-state index contributed by atoms with van der Waals surface area (Å²) in [6.45, 7) is 0.317. The minimum absolute atomic E-state index is 0.165. The Morgan fingerprint density at radius 3 is 2.62 bits per heavy atom. The van der Waals surface area contributed by atoms with E-state index < -0.39 is 0 Å². The molecular weight excluding hydrogens is 266 g/mol. The maximum atomic E-state index is 11.9. The zero-order chi connectivity index (χ0) is 14.5. The van der Waals surface area contributed by atoms with Crippen LogP contribution in [0.2, 0.25) is 0 Å². The van der Waals surface area contributed by atoms with Gasteiger partial charge in [0.25, 0.3) is 5.91 Å². The molecule has 21 heavy (non-hydrogen) atoms. The summed E-state index contributed by atoms with van der Waals surface area (Å²) in [7, 11) is 0. The molecule has 0 aliphatic heterocycles. The largest absolute Gasteiger partial charge is 0.356 e. The van der Waals surface area contributed by atoms with Crippen molar-refractivity contribution in [3.8, 4) is 11.3 Å². The maximum Gasteiger partial charge on any atom is 0.251 e. The first-order valence-electron chi connectivity index (χ1n) is 6.52. The summed E-state index contributed by atoms with van der Waals surface area (Å²) in [6.07, 6.45) is 3.16. The lowest BCUT2D eigenvalue weighted by Crippen LogP contribution is -2.22. The highest BCUT2D eigenvalue weighted by Gasteiger charge is 2.09. The number of nitrogens with zero attached hydrogens (tertiary/aromatic N) is 2. The van der Waals surface area contributed by atoms with Gasteiger partial charge >= 0.3 is 0 Å². The molecule has 0 radical (unpaired) electrons. The van der Waals surface area contributed by atoms with Gasteiger partial charge in [-0.1, -0.05) is 35.5 Å². The molecule has 2 heterocycles. The van der Waals surface area contributed by atoms with E-state index in [9.17, 15) is 4.79 Å². The number of aromatic nitrogens is 2. The van der Waals surface area contributed by atoms with Gasteiger partial charge in [-0.05, 0) is 12.1 Å². The zero-order valence-corrected chi connectivity index (χ0v) is 11.2. The molecule has 0 bridgehead atoms. The van der Waals surface area contributed by atoms with E-state index >= 15 is 0 Å². The third-order valence-electron chi connectivity index (χ3n) is 2.99. The Labute approximate surface area is 121 Å². The molecule has 0 saturated heterocycles. The van der Waals surface area contributed by atoms with Crippen LogP contribution in [0.3, 0.4) is 0 Å². The van der Waals surface area contributed by atoms with E-state index in [2.05, 4.69) is 15.5 Å². The van der Waals surface area contributed by atoms with Crippen molar-refractivity contribution in [2.45, 2.75) is 6.54 Å². The molecule has 1 amide bonds. The van der Waals surface area contributed by atoms with Crippen molar-refractivity contribution in [2.24, 2.45) is 0 Å². The summed E-state index contributed by atoms with van der Waals surface area (Å²) in [6, 6.07) is 14.8. The monoisotopic (exact) mass is 279 g/mol. The van der Waals surface area contributed by atoms with Gasteiger partial charge in [0.2, 0.25) is 0 Å². The highest BCUT2D eigenvalue weighted by Crippen LogP contribution is 2.19. The minimum atomic E-state index is -0.165. The fourth-order valence-corrected chi connectivity index (χ4v) is 1.91. The Hall–Kier alpha value is -2.95. The van der Waals surface area contributed by atoms with Gasteiger partial charge < -0.3 is 9.84 Å². The molecule has 0 saturated carbocycles. The molecular formula is C16H13N3O2. The summed E-state index contributed by atoms with van der Waals surface area (Å²) in [5, 5.41) is 6.75. The molecule has 3 aromatic rings. The molecule has 0 aliphatic carbocycles. The second-order valence-corrected chi connectivity index (χ2v) is 4.47. The molecule has 0 spiro atoms. The predicted molar refractivity (Wildman–Crippen MR) is 77.3 cm³/mol. The summed E-state index contributed by atoms with van der Waals surface area (Å²) in [5.41, 5.74) is 2.20. The normalized spacial score (nSPS) is 10.3. The van der Waals surface area contributed by atoms with E-state index in [0.29, 0.717) is 23.6 Å². The summed E-state index contributed by atoms with van der Waals surface area (Å²) in [4.78, 5) is 15.8. The van der Waals surface area contributed by atoms with Crippen molar-refractivity contribution in [1.29, 1.82) is 0 Å². The Morgan fingerprint density at radius 1 is 1.10 bits per heavy atom. The average Bonchev–Trinajstić information content (AvgIpc) is 3.03. The Balaban J connectivity index is 1.64. The molecule has 5 heteroatoms. The topological polar surface area (TPSA) is 68.0 Å². The molecule has 0 atom stereocenters. The van der Waals surface area contributed by atoms with E-state index in [1.54, 1.807) is 24.5 Å². The number of benzene rings is 1. The maximum absolute atomic E-state index is 11.9. The van der Waals surface area contributed by atoms with E-state index in [1.807, 2.05) is 36.4 Å². The van der Waals surface area contributed by atoms with Crippen molar-refractivity contribution in [1.82, 2.24) is 15.5 Å². The van der Waals surface area contributed by atoms with Crippen molar-refractivity contribution < 1.29 is 9.32 Å².